The molecule has 0 aliphatic carbocycles. The highest BCUT2D eigenvalue weighted by atomic mass is 19.1. The number of ether oxygens (including phenoxy) is 1. The smallest absolute Gasteiger partial charge is 0.291 e. The zero-order chi connectivity index (χ0) is 23.7. The van der Waals surface area contributed by atoms with Crippen LogP contribution in [-0.4, -0.2) is 61.6 Å². The van der Waals surface area contributed by atoms with Crippen LogP contribution in [-0.2, 0) is 9.59 Å². The lowest BCUT2D eigenvalue weighted by atomic mass is 9.88. The first-order valence-corrected chi connectivity index (χ1v) is 10.7. The number of amides is 1. The predicted octanol–water partition coefficient (Wildman–Crippen LogP) is 3.48. The first-order valence-electron chi connectivity index (χ1n) is 10.7. The highest BCUT2D eigenvalue weighted by molar-refractivity contribution is 6.43. The Labute approximate surface area is 190 Å². The summed E-state index contributed by atoms with van der Waals surface area (Å²) in [5.74, 6) is -3.91. The number of ketones is 2. The SMILES string of the molecule is COc1cccc2cc(C(=O)C3C(=O)C(=O)N(CCCN(C)C)C3c3ccccc3F)oc12. The van der Waals surface area contributed by atoms with Gasteiger partial charge in [0.2, 0.25) is 11.6 Å². The van der Waals surface area contributed by atoms with E-state index < -0.39 is 35.3 Å². The number of likely N-dealkylation sites (tertiary alicyclic amines) is 1. The lowest BCUT2D eigenvalue weighted by Gasteiger charge is -2.27. The van der Waals surface area contributed by atoms with Crippen LogP contribution in [0.4, 0.5) is 4.39 Å². The van der Waals surface area contributed by atoms with Crippen LogP contribution in [0.3, 0.4) is 0 Å². The normalized spacial score (nSPS) is 18.5. The van der Waals surface area contributed by atoms with Crippen molar-refractivity contribution in [1.82, 2.24) is 9.80 Å². The van der Waals surface area contributed by atoms with Gasteiger partial charge >= 0.3 is 0 Å². The van der Waals surface area contributed by atoms with Crippen molar-refractivity contribution in [3.8, 4) is 5.75 Å². The third-order valence-electron chi connectivity index (χ3n) is 5.89. The van der Waals surface area contributed by atoms with E-state index in [0.717, 1.165) is 0 Å². The number of Topliss-reactive ketones (excluding diaryl/α,β-unsaturated/α-hetero) is 2. The number of fused-ring (bicyclic) bond motifs is 1. The van der Waals surface area contributed by atoms with E-state index >= 15 is 0 Å². The number of benzene rings is 2. The molecule has 2 unspecified atom stereocenters. The molecule has 1 aliphatic heterocycles. The summed E-state index contributed by atoms with van der Waals surface area (Å²) in [6.45, 7) is 0.892. The molecule has 172 valence electrons. The molecule has 0 saturated carbocycles. The number of carbonyl (C=O) groups excluding carboxylic acids is 3. The first kappa shape index (κ1) is 22.7. The van der Waals surface area contributed by atoms with Crippen molar-refractivity contribution in [2.24, 2.45) is 5.92 Å². The van der Waals surface area contributed by atoms with Crippen LogP contribution >= 0.6 is 0 Å². The second-order valence-corrected chi connectivity index (χ2v) is 8.32. The number of nitrogens with zero attached hydrogens (tertiary/aromatic N) is 2. The standard InChI is InChI=1S/C25H25FN2O5/c1-27(2)12-7-13-28-21(16-9-4-5-10-17(16)26)20(23(30)25(28)31)22(29)19-14-15-8-6-11-18(32-3)24(15)33-19/h4-6,8-11,14,20-21H,7,12-13H2,1-3H3. The van der Waals surface area contributed by atoms with Gasteiger partial charge in [-0.15, -0.1) is 0 Å². The molecular weight excluding hydrogens is 427 g/mol. The molecule has 0 N–H and O–H groups in total. The number of para-hydroxylation sites is 1. The lowest BCUT2D eigenvalue weighted by molar-refractivity contribution is -0.140. The molecule has 0 spiro atoms. The number of halogens is 1. The van der Waals surface area contributed by atoms with Crippen LogP contribution in [0, 0.1) is 11.7 Å². The fraction of sp³-hybridized carbons (Fsp3) is 0.320. The lowest BCUT2D eigenvalue weighted by Crippen LogP contribution is -2.33. The van der Waals surface area contributed by atoms with Gasteiger partial charge in [0.1, 0.15) is 11.7 Å². The minimum absolute atomic E-state index is 0.0721. The van der Waals surface area contributed by atoms with Crippen molar-refractivity contribution in [3.63, 3.8) is 0 Å². The predicted molar refractivity (Wildman–Crippen MR) is 120 cm³/mol. The molecule has 33 heavy (non-hydrogen) atoms. The van der Waals surface area contributed by atoms with Gasteiger partial charge in [0, 0.05) is 17.5 Å². The van der Waals surface area contributed by atoms with Gasteiger partial charge in [-0.2, -0.15) is 0 Å². The summed E-state index contributed by atoms with van der Waals surface area (Å²) >= 11 is 0. The van der Waals surface area contributed by atoms with Crippen LogP contribution in [0.25, 0.3) is 11.0 Å². The molecule has 2 heterocycles. The Morgan fingerprint density at radius 2 is 1.91 bits per heavy atom. The number of hydrogen-bond donors (Lipinski definition) is 0. The quantitative estimate of drug-likeness (QED) is 0.296. The molecule has 4 rings (SSSR count). The van der Waals surface area contributed by atoms with Crippen LogP contribution < -0.4 is 4.74 Å². The zero-order valence-corrected chi connectivity index (χ0v) is 18.7. The summed E-state index contributed by atoms with van der Waals surface area (Å²) in [6, 6.07) is 11.6. The summed E-state index contributed by atoms with van der Waals surface area (Å²) < 4.78 is 25.9. The van der Waals surface area contributed by atoms with Gasteiger partial charge in [-0.1, -0.05) is 30.3 Å². The number of hydrogen-bond acceptors (Lipinski definition) is 6. The van der Waals surface area contributed by atoms with Gasteiger partial charge in [-0.3, -0.25) is 14.4 Å². The van der Waals surface area contributed by atoms with E-state index in [9.17, 15) is 18.8 Å². The fourth-order valence-electron chi connectivity index (χ4n) is 4.32. The first-order chi connectivity index (χ1) is 15.8. The molecule has 1 saturated heterocycles. The maximum atomic E-state index is 14.8. The van der Waals surface area contributed by atoms with E-state index in [-0.39, 0.29) is 17.9 Å². The maximum Gasteiger partial charge on any atom is 0.291 e. The molecule has 1 fully saturated rings. The van der Waals surface area contributed by atoms with E-state index in [2.05, 4.69) is 0 Å². The van der Waals surface area contributed by atoms with Gasteiger partial charge in [-0.05, 0) is 45.3 Å². The molecule has 2 atom stereocenters. The minimum atomic E-state index is -1.40. The van der Waals surface area contributed by atoms with Gasteiger partial charge < -0.3 is 19.0 Å². The summed E-state index contributed by atoms with van der Waals surface area (Å²) in [7, 11) is 5.28. The van der Waals surface area contributed by atoms with Crippen molar-refractivity contribution in [2.45, 2.75) is 12.5 Å². The average Bonchev–Trinajstić information content (AvgIpc) is 3.34. The molecule has 1 aromatic heterocycles. The molecule has 0 radical (unpaired) electrons. The minimum Gasteiger partial charge on any atom is -0.493 e. The van der Waals surface area contributed by atoms with Gasteiger partial charge in [0.15, 0.2) is 17.1 Å². The summed E-state index contributed by atoms with van der Waals surface area (Å²) in [5.41, 5.74) is 0.499. The Bertz CT molecular complexity index is 1220. The molecule has 0 bridgehead atoms. The van der Waals surface area contributed by atoms with Crippen molar-refractivity contribution in [3.05, 3.63) is 65.7 Å². The Hall–Kier alpha value is -3.52. The summed E-state index contributed by atoms with van der Waals surface area (Å²) in [6.07, 6.45) is 0.569. The molecule has 2 aromatic carbocycles. The monoisotopic (exact) mass is 452 g/mol. The van der Waals surface area contributed by atoms with E-state index in [1.165, 1.54) is 36.3 Å². The van der Waals surface area contributed by atoms with E-state index in [1.807, 2.05) is 19.0 Å². The topological polar surface area (TPSA) is 80.1 Å². The third-order valence-corrected chi connectivity index (χ3v) is 5.89. The zero-order valence-electron chi connectivity index (χ0n) is 18.7. The Kier molecular flexibility index (Phi) is 6.29. The largest absolute Gasteiger partial charge is 0.493 e. The maximum absolute atomic E-state index is 14.8. The third kappa shape index (κ3) is 4.14. The van der Waals surface area contributed by atoms with Crippen LogP contribution in [0.5, 0.6) is 5.75 Å². The Morgan fingerprint density at radius 3 is 2.61 bits per heavy atom. The molecule has 7 nitrogen and oxygen atoms in total. The van der Waals surface area contributed by atoms with Crippen molar-refractivity contribution < 1.29 is 27.9 Å². The van der Waals surface area contributed by atoms with Gasteiger partial charge in [0.25, 0.3) is 5.91 Å². The van der Waals surface area contributed by atoms with Crippen molar-refractivity contribution >= 4 is 28.4 Å². The highest BCUT2D eigenvalue weighted by Gasteiger charge is 2.52. The number of carbonyl (C=O) groups is 3. The van der Waals surface area contributed by atoms with Crippen LogP contribution in [0.1, 0.15) is 28.6 Å². The fourth-order valence-corrected chi connectivity index (χ4v) is 4.32. The molecule has 1 amide bonds. The highest BCUT2D eigenvalue weighted by Crippen LogP contribution is 2.40. The van der Waals surface area contributed by atoms with Crippen molar-refractivity contribution in [1.29, 1.82) is 0 Å². The van der Waals surface area contributed by atoms with Gasteiger partial charge in [0.05, 0.1) is 13.2 Å². The molecular formula is C25H25FN2O5. The van der Waals surface area contributed by atoms with Crippen molar-refractivity contribution in [2.75, 3.05) is 34.3 Å². The average molecular weight is 452 g/mol. The Balaban J connectivity index is 1.76. The summed E-state index contributed by atoms with van der Waals surface area (Å²) in [4.78, 5) is 42.8. The van der Waals surface area contributed by atoms with Crippen LogP contribution in [0.2, 0.25) is 0 Å². The number of furan rings is 1. The molecule has 3 aromatic rings. The van der Waals surface area contributed by atoms with E-state index in [0.29, 0.717) is 29.7 Å². The number of rotatable bonds is 8. The Morgan fingerprint density at radius 1 is 1.15 bits per heavy atom. The van der Waals surface area contributed by atoms with Gasteiger partial charge in [-0.25, -0.2) is 4.39 Å². The van der Waals surface area contributed by atoms with E-state index in [1.54, 1.807) is 24.3 Å². The second-order valence-electron chi connectivity index (χ2n) is 8.32. The molecule has 8 heteroatoms. The summed E-state index contributed by atoms with van der Waals surface area (Å²) in [5, 5.41) is 0.625. The second kappa shape index (κ2) is 9.15. The molecule has 1 aliphatic rings. The van der Waals surface area contributed by atoms with E-state index in [4.69, 9.17) is 9.15 Å². The number of methoxy groups -OCH3 is 1. The van der Waals surface area contributed by atoms with Crippen LogP contribution in [0.15, 0.2) is 52.9 Å².